The molecule has 15 heavy (non-hydrogen) atoms. The minimum atomic E-state index is -0.121. The highest BCUT2D eigenvalue weighted by atomic mass is 16.2. The van der Waals surface area contributed by atoms with Crippen LogP contribution in [0.4, 0.5) is 5.69 Å². The van der Waals surface area contributed by atoms with Crippen molar-refractivity contribution < 1.29 is 4.79 Å². The van der Waals surface area contributed by atoms with Gasteiger partial charge in [0.1, 0.15) is 0 Å². The third-order valence-electron chi connectivity index (χ3n) is 2.27. The molecule has 0 aliphatic rings. The molecule has 0 radical (unpaired) electrons. The molecule has 2 N–H and O–H groups in total. The predicted octanol–water partition coefficient (Wildman–Crippen LogP) is 0.967. The molecule has 0 saturated heterocycles. The van der Waals surface area contributed by atoms with Crippen LogP contribution in [0.2, 0.25) is 0 Å². The van der Waals surface area contributed by atoms with Gasteiger partial charge in [-0.2, -0.15) is 5.10 Å². The predicted molar refractivity (Wildman–Crippen MR) is 59.6 cm³/mol. The first kappa shape index (κ1) is 11.6. The average Bonchev–Trinajstić information content (AvgIpc) is 2.58. The number of anilines is 1. The summed E-state index contributed by atoms with van der Waals surface area (Å²) in [7, 11) is 1.74. The Kier molecular flexibility index (Phi) is 3.71. The molecule has 5 nitrogen and oxygen atoms in total. The first-order chi connectivity index (χ1) is 7.10. The Morgan fingerprint density at radius 3 is 2.80 bits per heavy atom. The lowest BCUT2D eigenvalue weighted by atomic mass is 10.3. The first-order valence-corrected chi connectivity index (χ1v) is 5.18. The molecule has 5 heteroatoms. The molecule has 1 aromatic heterocycles. The number of nitrogens with two attached hydrogens (primary N) is 1. The number of amides is 1. The zero-order valence-corrected chi connectivity index (χ0v) is 9.53. The summed E-state index contributed by atoms with van der Waals surface area (Å²) in [6.45, 7) is 5.40. The van der Waals surface area contributed by atoms with Crippen molar-refractivity contribution in [2.45, 2.75) is 26.8 Å². The Labute approximate surface area is 89.9 Å². The van der Waals surface area contributed by atoms with Crippen LogP contribution < -0.4 is 5.73 Å². The molecular formula is C10H18N4O. The summed E-state index contributed by atoms with van der Waals surface area (Å²) in [5, 5.41) is 4.17. The van der Waals surface area contributed by atoms with Crippen molar-refractivity contribution in [1.29, 1.82) is 0 Å². The van der Waals surface area contributed by atoms with Crippen LogP contribution in [-0.2, 0) is 6.54 Å². The van der Waals surface area contributed by atoms with Gasteiger partial charge < -0.3 is 10.6 Å². The van der Waals surface area contributed by atoms with Crippen LogP contribution in [0, 0.1) is 0 Å². The van der Waals surface area contributed by atoms with Crippen molar-refractivity contribution in [3.05, 3.63) is 11.9 Å². The minimum absolute atomic E-state index is 0.121. The second-order valence-electron chi connectivity index (χ2n) is 3.52. The van der Waals surface area contributed by atoms with Crippen LogP contribution in [0.3, 0.4) is 0 Å². The third kappa shape index (κ3) is 2.49. The number of carbonyl (C=O) groups is 1. The van der Waals surface area contributed by atoms with Gasteiger partial charge in [0.15, 0.2) is 5.69 Å². The molecule has 0 atom stereocenters. The monoisotopic (exact) mass is 210 g/mol. The van der Waals surface area contributed by atoms with Crippen LogP contribution in [0.15, 0.2) is 6.20 Å². The fourth-order valence-corrected chi connectivity index (χ4v) is 1.27. The number of nitrogen functional groups attached to an aromatic ring is 1. The number of hydrogen-bond acceptors (Lipinski definition) is 3. The molecule has 1 amide bonds. The van der Waals surface area contributed by atoms with Crippen LogP contribution in [0.25, 0.3) is 0 Å². The van der Waals surface area contributed by atoms with Crippen molar-refractivity contribution in [2.24, 2.45) is 0 Å². The van der Waals surface area contributed by atoms with E-state index in [0.29, 0.717) is 17.9 Å². The number of nitrogens with zero attached hydrogens (tertiary/aromatic N) is 3. The van der Waals surface area contributed by atoms with E-state index >= 15 is 0 Å². The second-order valence-corrected chi connectivity index (χ2v) is 3.52. The Balaban J connectivity index is 2.89. The van der Waals surface area contributed by atoms with Crippen LogP contribution in [-0.4, -0.2) is 34.2 Å². The fourth-order valence-electron chi connectivity index (χ4n) is 1.27. The summed E-state index contributed by atoms with van der Waals surface area (Å²) in [4.78, 5) is 13.4. The molecule has 0 unspecified atom stereocenters. The molecule has 0 aromatic carbocycles. The van der Waals surface area contributed by atoms with E-state index in [4.69, 9.17) is 5.73 Å². The summed E-state index contributed by atoms with van der Waals surface area (Å²) < 4.78 is 1.71. The number of carbonyl (C=O) groups excluding carboxylic acids is 1. The van der Waals surface area contributed by atoms with Crippen molar-refractivity contribution in [2.75, 3.05) is 19.3 Å². The van der Waals surface area contributed by atoms with Crippen molar-refractivity contribution in [3.8, 4) is 0 Å². The molecule has 0 spiro atoms. The SMILES string of the molecule is CCCn1cc(N)c(C(=O)N(C)CC)n1. The lowest BCUT2D eigenvalue weighted by Gasteiger charge is -2.12. The van der Waals surface area contributed by atoms with Gasteiger partial charge in [-0.15, -0.1) is 0 Å². The Morgan fingerprint density at radius 1 is 1.60 bits per heavy atom. The summed E-state index contributed by atoms with van der Waals surface area (Å²) in [5.41, 5.74) is 6.54. The highest BCUT2D eigenvalue weighted by Crippen LogP contribution is 2.11. The van der Waals surface area contributed by atoms with E-state index in [1.165, 1.54) is 0 Å². The Morgan fingerprint density at radius 2 is 2.27 bits per heavy atom. The second kappa shape index (κ2) is 4.82. The van der Waals surface area contributed by atoms with Gasteiger partial charge in [-0.05, 0) is 13.3 Å². The molecule has 0 aliphatic carbocycles. The van der Waals surface area contributed by atoms with E-state index in [0.717, 1.165) is 13.0 Å². The Bertz CT molecular complexity index is 345. The minimum Gasteiger partial charge on any atom is -0.396 e. The number of aryl methyl sites for hydroxylation is 1. The lowest BCUT2D eigenvalue weighted by molar-refractivity contribution is 0.0796. The van der Waals surface area contributed by atoms with E-state index in [9.17, 15) is 4.79 Å². The number of hydrogen-bond donors (Lipinski definition) is 1. The summed E-state index contributed by atoms with van der Waals surface area (Å²) in [5.74, 6) is -0.121. The zero-order chi connectivity index (χ0) is 11.4. The maximum atomic E-state index is 11.8. The van der Waals surface area contributed by atoms with Gasteiger partial charge in [0.2, 0.25) is 0 Å². The average molecular weight is 210 g/mol. The van der Waals surface area contributed by atoms with Gasteiger partial charge >= 0.3 is 0 Å². The molecule has 1 heterocycles. The van der Waals surface area contributed by atoms with Crippen molar-refractivity contribution in [1.82, 2.24) is 14.7 Å². The van der Waals surface area contributed by atoms with Gasteiger partial charge in [0.25, 0.3) is 5.91 Å². The van der Waals surface area contributed by atoms with Crippen LogP contribution in [0.5, 0.6) is 0 Å². The molecule has 0 fully saturated rings. The van der Waals surface area contributed by atoms with Gasteiger partial charge in [0, 0.05) is 26.3 Å². The topological polar surface area (TPSA) is 64.2 Å². The van der Waals surface area contributed by atoms with Crippen molar-refractivity contribution >= 4 is 11.6 Å². The molecule has 0 saturated carbocycles. The highest BCUT2D eigenvalue weighted by molar-refractivity contribution is 5.96. The summed E-state index contributed by atoms with van der Waals surface area (Å²) >= 11 is 0. The zero-order valence-electron chi connectivity index (χ0n) is 9.53. The summed E-state index contributed by atoms with van der Waals surface area (Å²) in [6.07, 6.45) is 2.68. The molecule has 1 aromatic rings. The van der Waals surface area contributed by atoms with E-state index in [2.05, 4.69) is 12.0 Å². The molecule has 0 aliphatic heterocycles. The standard InChI is InChI=1S/C10H18N4O/c1-4-6-14-7-8(11)9(12-14)10(15)13(3)5-2/h7H,4-6,11H2,1-3H3. The van der Waals surface area contributed by atoms with Crippen LogP contribution in [0.1, 0.15) is 30.8 Å². The van der Waals surface area contributed by atoms with Crippen molar-refractivity contribution in [3.63, 3.8) is 0 Å². The van der Waals surface area contributed by atoms with Gasteiger partial charge in [-0.25, -0.2) is 0 Å². The largest absolute Gasteiger partial charge is 0.396 e. The fraction of sp³-hybridized carbons (Fsp3) is 0.600. The van der Waals surface area contributed by atoms with Gasteiger partial charge in [0.05, 0.1) is 5.69 Å². The third-order valence-corrected chi connectivity index (χ3v) is 2.27. The molecular weight excluding hydrogens is 192 g/mol. The first-order valence-electron chi connectivity index (χ1n) is 5.18. The number of rotatable bonds is 4. The molecule has 1 rings (SSSR count). The Hall–Kier alpha value is -1.52. The lowest BCUT2D eigenvalue weighted by Crippen LogP contribution is -2.27. The van der Waals surface area contributed by atoms with Gasteiger partial charge in [-0.3, -0.25) is 9.48 Å². The molecule has 84 valence electrons. The van der Waals surface area contributed by atoms with E-state index in [1.807, 2.05) is 6.92 Å². The van der Waals surface area contributed by atoms with Crippen LogP contribution >= 0.6 is 0 Å². The number of aromatic nitrogens is 2. The van der Waals surface area contributed by atoms with E-state index in [-0.39, 0.29) is 5.91 Å². The summed E-state index contributed by atoms with van der Waals surface area (Å²) in [6, 6.07) is 0. The van der Waals surface area contributed by atoms with Gasteiger partial charge in [-0.1, -0.05) is 6.92 Å². The maximum absolute atomic E-state index is 11.8. The maximum Gasteiger partial charge on any atom is 0.276 e. The van der Waals surface area contributed by atoms with E-state index < -0.39 is 0 Å². The normalized spacial score (nSPS) is 10.3. The van der Waals surface area contributed by atoms with E-state index in [1.54, 1.807) is 22.8 Å². The highest BCUT2D eigenvalue weighted by Gasteiger charge is 2.17. The quantitative estimate of drug-likeness (QED) is 0.805. The smallest absolute Gasteiger partial charge is 0.276 e. The molecule has 0 bridgehead atoms.